The summed E-state index contributed by atoms with van der Waals surface area (Å²) in [7, 11) is 2.00. The quantitative estimate of drug-likeness (QED) is 0.550. The van der Waals surface area contributed by atoms with Crippen LogP contribution < -0.4 is 10.6 Å². The Bertz CT molecular complexity index is 1040. The summed E-state index contributed by atoms with van der Waals surface area (Å²) in [6.45, 7) is 0. The highest BCUT2D eigenvalue weighted by Crippen LogP contribution is 2.23. The number of aryl methyl sites for hydroxylation is 1. The van der Waals surface area contributed by atoms with Crippen LogP contribution in [0, 0.1) is 0 Å². The van der Waals surface area contributed by atoms with E-state index in [4.69, 9.17) is 0 Å². The molecule has 2 N–H and O–H groups in total. The molecule has 0 bridgehead atoms. The van der Waals surface area contributed by atoms with Crippen molar-refractivity contribution in [3.05, 3.63) is 65.6 Å². The number of aromatic nitrogens is 2. The number of nitrogens with zero attached hydrogens (tertiary/aromatic N) is 2. The van der Waals surface area contributed by atoms with Crippen molar-refractivity contribution in [2.24, 2.45) is 7.05 Å². The zero-order chi connectivity index (χ0) is 17.2. The van der Waals surface area contributed by atoms with Crippen LogP contribution >= 0.6 is 11.3 Å². The Labute approximate surface area is 148 Å². The lowest BCUT2D eigenvalue weighted by Gasteiger charge is -2.09. The third-order valence-electron chi connectivity index (χ3n) is 3.99. The van der Waals surface area contributed by atoms with Crippen molar-refractivity contribution in [2.75, 3.05) is 10.6 Å². The van der Waals surface area contributed by atoms with Crippen LogP contribution in [0.2, 0.25) is 0 Å². The molecular weight excluding hydrogens is 332 g/mol. The van der Waals surface area contributed by atoms with Gasteiger partial charge in [-0.15, -0.1) is 11.3 Å². The molecule has 0 fully saturated rings. The van der Waals surface area contributed by atoms with E-state index < -0.39 is 0 Å². The summed E-state index contributed by atoms with van der Waals surface area (Å²) in [4.78, 5) is 16.6. The van der Waals surface area contributed by atoms with E-state index in [0.717, 1.165) is 33.5 Å². The highest BCUT2D eigenvalue weighted by molar-refractivity contribution is 7.07. The van der Waals surface area contributed by atoms with Crippen molar-refractivity contribution in [3.63, 3.8) is 0 Å². The van der Waals surface area contributed by atoms with Crippen LogP contribution in [-0.2, 0) is 7.05 Å². The molecule has 0 atom stereocenters. The van der Waals surface area contributed by atoms with Gasteiger partial charge in [0.1, 0.15) is 0 Å². The molecule has 4 rings (SSSR count). The SMILES string of the molecule is Cn1ccc2cc(NC(=O)Nc3cccc(-c4cscn4)c3)ccc21. The summed E-state index contributed by atoms with van der Waals surface area (Å²) in [6, 6.07) is 15.2. The third kappa shape index (κ3) is 3.25. The van der Waals surface area contributed by atoms with Gasteiger partial charge in [-0.05, 0) is 36.4 Å². The van der Waals surface area contributed by atoms with Crippen molar-refractivity contribution in [1.82, 2.24) is 9.55 Å². The molecule has 4 aromatic rings. The highest BCUT2D eigenvalue weighted by atomic mass is 32.1. The number of hydrogen-bond acceptors (Lipinski definition) is 3. The zero-order valence-corrected chi connectivity index (χ0v) is 14.4. The maximum Gasteiger partial charge on any atom is 0.323 e. The van der Waals surface area contributed by atoms with Gasteiger partial charge in [-0.25, -0.2) is 9.78 Å². The number of anilines is 2. The first-order valence-corrected chi connectivity index (χ1v) is 8.75. The molecule has 2 aromatic heterocycles. The summed E-state index contributed by atoms with van der Waals surface area (Å²) >= 11 is 1.55. The monoisotopic (exact) mass is 348 g/mol. The van der Waals surface area contributed by atoms with Gasteiger partial charge in [0.25, 0.3) is 0 Å². The molecule has 25 heavy (non-hydrogen) atoms. The molecule has 0 unspecified atom stereocenters. The van der Waals surface area contributed by atoms with E-state index in [0.29, 0.717) is 0 Å². The van der Waals surface area contributed by atoms with E-state index in [2.05, 4.69) is 15.6 Å². The van der Waals surface area contributed by atoms with E-state index in [9.17, 15) is 4.79 Å². The Morgan fingerprint density at radius 1 is 1.08 bits per heavy atom. The lowest BCUT2D eigenvalue weighted by atomic mass is 10.1. The molecule has 0 aliphatic heterocycles. The summed E-state index contributed by atoms with van der Waals surface area (Å²) in [5.41, 5.74) is 6.29. The Balaban J connectivity index is 1.49. The van der Waals surface area contributed by atoms with Crippen molar-refractivity contribution >= 4 is 39.6 Å². The average Bonchev–Trinajstić information content (AvgIpc) is 3.25. The number of carbonyl (C=O) groups excluding carboxylic acids is 1. The first-order valence-electron chi connectivity index (χ1n) is 7.81. The Hall–Kier alpha value is -3.12. The first-order chi connectivity index (χ1) is 12.2. The maximum atomic E-state index is 12.3. The number of benzene rings is 2. The smallest absolute Gasteiger partial charge is 0.323 e. The number of hydrogen-bond donors (Lipinski definition) is 2. The van der Waals surface area contributed by atoms with Crippen LogP contribution in [0.1, 0.15) is 0 Å². The molecule has 124 valence electrons. The minimum atomic E-state index is -0.272. The fourth-order valence-electron chi connectivity index (χ4n) is 2.76. The van der Waals surface area contributed by atoms with Gasteiger partial charge in [0.2, 0.25) is 0 Å². The van der Waals surface area contributed by atoms with E-state index >= 15 is 0 Å². The van der Waals surface area contributed by atoms with E-state index in [1.165, 1.54) is 0 Å². The standard InChI is InChI=1S/C19H16N4OS/c1-23-8-7-14-10-16(5-6-18(14)23)22-19(24)21-15-4-2-3-13(9-15)17-11-25-12-20-17/h2-12H,1H3,(H2,21,22,24). The van der Waals surface area contributed by atoms with Crippen LogP contribution in [0.4, 0.5) is 16.2 Å². The molecule has 2 aromatic carbocycles. The number of nitrogens with one attached hydrogen (secondary N) is 2. The lowest BCUT2D eigenvalue weighted by molar-refractivity contribution is 0.262. The zero-order valence-electron chi connectivity index (χ0n) is 13.6. The second kappa shape index (κ2) is 6.41. The normalized spacial score (nSPS) is 10.8. The molecule has 0 saturated carbocycles. The fourth-order valence-corrected chi connectivity index (χ4v) is 3.33. The Morgan fingerprint density at radius 2 is 1.92 bits per heavy atom. The van der Waals surface area contributed by atoms with Gasteiger partial charge in [0.15, 0.2) is 0 Å². The molecule has 0 aliphatic rings. The van der Waals surface area contributed by atoms with Gasteiger partial charge >= 0.3 is 6.03 Å². The fraction of sp³-hybridized carbons (Fsp3) is 0.0526. The van der Waals surface area contributed by atoms with Crippen molar-refractivity contribution < 1.29 is 4.79 Å². The maximum absolute atomic E-state index is 12.3. The van der Waals surface area contributed by atoms with E-state index in [-0.39, 0.29) is 6.03 Å². The number of rotatable bonds is 3. The van der Waals surface area contributed by atoms with Gasteiger partial charge < -0.3 is 15.2 Å². The van der Waals surface area contributed by atoms with Gasteiger partial charge in [-0.1, -0.05) is 12.1 Å². The lowest BCUT2D eigenvalue weighted by Crippen LogP contribution is -2.19. The van der Waals surface area contributed by atoms with Crippen LogP contribution in [0.5, 0.6) is 0 Å². The number of amides is 2. The summed E-state index contributed by atoms with van der Waals surface area (Å²) < 4.78 is 2.04. The molecule has 6 heteroatoms. The summed E-state index contributed by atoms with van der Waals surface area (Å²) in [5, 5.41) is 8.81. The highest BCUT2D eigenvalue weighted by Gasteiger charge is 2.06. The number of urea groups is 1. The number of thiazole rings is 1. The molecule has 0 saturated heterocycles. The minimum Gasteiger partial charge on any atom is -0.351 e. The molecule has 5 nitrogen and oxygen atoms in total. The number of fused-ring (bicyclic) bond motifs is 1. The topological polar surface area (TPSA) is 59.0 Å². The van der Waals surface area contributed by atoms with Gasteiger partial charge in [0.05, 0.1) is 11.2 Å². The number of carbonyl (C=O) groups is 1. The molecular formula is C19H16N4OS. The molecule has 2 amide bonds. The van der Waals surface area contributed by atoms with Crippen LogP contribution in [0.15, 0.2) is 65.6 Å². The van der Waals surface area contributed by atoms with Gasteiger partial charge in [-0.2, -0.15) is 0 Å². The Morgan fingerprint density at radius 3 is 2.72 bits per heavy atom. The predicted octanol–water partition coefficient (Wildman–Crippen LogP) is 4.95. The summed E-state index contributed by atoms with van der Waals surface area (Å²) in [5.74, 6) is 0. The van der Waals surface area contributed by atoms with Crippen molar-refractivity contribution in [2.45, 2.75) is 0 Å². The second-order valence-electron chi connectivity index (χ2n) is 5.73. The van der Waals surface area contributed by atoms with Crippen LogP contribution in [-0.4, -0.2) is 15.6 Å². The van der Waals surface area contributed by atoms with Gasteiger partial charge in [0, 0.05) is 46.5 Å². The molecule has 0 spiro atoms. The largest absolute Gasteiger partial charge is 0.351 e. The van der Waals surface area contributed by atoms with Crippen molar-refractivity contribution in [3.8, 4) is 11.3 Å². The molecule has 2 heterocycles. The third-order valence-corrected chi connectivity index (χ3v) is 4.58. The molecule has 0 aliphatic carbocycles. The van der Waals surface area contributed by atoms with Crippen LogP contribution in [0.25, 0.3) is 22.2 Å². The average molecular weight is 348 g/mol. The van der Waals surface area contributed by atoms with Crippen LogP contribution in [0.3, 0.4) is 0 Å². The summed E-state index contributed by atoms with van der Waals surface area (Å²) in [6.07, 6.45) is 2.00. The van der Waals surface area contributed by atoms with Crippen molar-refractivity contribution in [1.29, 1.82) is 0 Å². The Kier molecular flexibility index (Phi) is 3.95. The first kappa shape index (κ1) is 15.4. The van der Waals surface area contributed by atoms with E-state index in [1.807, 2.05) is 71.7 Å². The minimum absolute atomic E-state index is 0.272. The second-order valence-corrected chi connectivity index (χ2v) is 6.45. The predicted molar refractivity (Wildman–Crippen MR) is 103 cm³/mol. The van der Waals surface area contributed by atoms with Gasteiger partial charge in [-0.3, -0.25) is 0 Å². The van der Waals surface area contributed by atoms with E-state index in [1.54, 1.807) is 16.8 Å². The molecule has 0 radical (unpaired) electrons.